The van der Waals surface area contributed by atoms with Gasteiger partial charge in [-0.15, -0.1) is 11.3 Å². The van der Waals surface area contributed by atoms with Crippen LogP contribution in [-0.2, 0) is 13.0 Å². The summed E-state index contributed by atoms with van der Waals surface area (Å²) in [6, 6.07) is 16.3. The van der Waals surface area contributed by atoms with Gasteiger partial charge in [-0.1, -0.05) is 79.9 Å². The Bertz CT molecular complexity index is 1250. The highest BCUT2D eigenvalue weighted by Crippen LogP contribution is 2.38. The van der Waals surface area contributed by atoms with E-state index in [4.69, 9.17) is 28.9 Å². The van der Waals surface area contributed by atoms with E-state index < -0.39 is 0 Å². The predicted molar refractivity (Wildman–Crippen MR) is 167 cm³/mol. The van der Waals surface area contributed by atoms with E-state index >= 15 is 0 Å². The number of carbonyl (C=O) groups excluding carboxylic acids is 1. The van der Waals surface area contributed by atoms with Crippen molar-refractivity contribution in [1.82, 2.24) is 4.90 Å². The van der Waals surface area contributed by atoms with Crippen LogP contribution in [0.5, 0.6) is 0 Å². The smallest absolute Gasteiger partial charge is 0.196 e. The number of ketones is 1. The lowest BCUT2D eigenvalue weighted by atomic mass is 9.87. The standard InChI is InChI=1S/C33H38Cl2N2OS/c34-25-18-14-23(15-19-25)8-7-13-30-29(31(33(36)39-30)32(38)24-16-20-26(35)21-17-24)22-37(27-9-3-1-4-10-27)28-11-5-2-6-12-28/h7,13-21,27-28H,1-6,8-12,22,36H2. The molecule has 2 aromatic carbocycles. The molecule has 206 valence electrons. The Morgan fingerprint density at radius 1 is 0.846 bits per heavy atom. The summed E-state index contributed by atoms with van der Waals surface area (Å²) in [5, 5.41) is 1.96. The molecule has 0 saturated heterocycles. The molecule has 0 amide bonds. The summed E-state index contributed by atoms with van der Waals surface area (Å²) in [5.74, 6) is -0.0139. The zero-order valence-corrected chi connectivity index (χ0v) is 24.8. The maximum Gasteiger partial charge on any atom is 0.196 e. The van der Waals surface area contributed by atoms with Crippen LogP contribution in [-0.4, -0.2) is 22.8 Å². The maximum absolute atomic E-state index is 13.9. The summed E-state index contributed by atoms with van der Waals surface area (Å²) < 4.78 is 0. The molecule has 0 atom stereocenters. The summed E-state index contributed by atoms with van der Waals surface area (Å²) in [7, 11) is 0. The van der Waals surface area contributed by atoms with Crippen molar-refractivity contribution in [3.05, 3.63) is 91.8 Å². The lowest BCUT2D eigenvalue weighted by Crippen LogP contribution is -2.44. The lowest BCUT2D eigenvalue weighted by molar-refractivity contribution is 0.0726. The molecule has 6 heteroatoms. The number of hydrogen-bond donors (Lipinski definition) is 1. The highest BCUT2D eigenvalue weighted by Gasteiger charge is 2.32. The largest absolute Gasteiger partial charge is 0.390 e. The van der Waals surface area contributed by atoms with Crippen molar-refractivity contribution in [2.45, 2.75) is 89.3 Å². The fourth-order valence-corrected chi connectivity index (χ4v) is 7.54. The average Bonchev–Trinajstić information content (AvgIpc) is 3.28. The molecule has 1 aromatic heterocycles. The van der Waals surface area contributed by atoms with Crippen LogP contribution in [0.2, 0.25) is 10.0 Å². The van der Waals surface area contributed by atoms with Gasteiger partial charge in [0.1, 0.15) is 0 Å². The predicted octanol–water partition coefficient (Wildman–Crippen LogP) is 9.59. The second-order valence-corrected chi connectivity index (χ2v) is 13.0. The number of nitrogens with zero attached hydrogens (tertiary/aromatic N) is 1. The van der Waals surface area contributed by atoms with Crippen LogP contribution in [0.3, 0.4) is 0 Å². The monoisotopic (exact) mass is 580 g/mol. The van der Waals surface area contributed by atoms with Crippen LogP contribution in [0.15, 0.2) is 54.6 Å². The summed E-state index contributed by atoms with van der Waals surface area (Å²) in [6.07, 6.45) is 18.0. The minimum Gasteiger partial charge on any atom is -0.390 e. The third-order valence-electron chi connectivity index (χ3n) is 8.36. The van der Waals surface area contributed by atoms with Crippen molar-refractivity contribution in [1.29, 1.82) is 0 Å². The van der Waals surface area contributed by atoms with Gasteiger partial charge in [0.15, 0.2) is 5.78 Å². The summed E-state index contributed by atoms with van der Waals surface area (Å²) in [6.45, 7) is 0.776. The molecule has 2 fully saturated rings. The number of thiophene rings is 1. The Morgan fingerprint density at radius 2 is 1.38 bits per heavy atom. The van der Waals surface area contributed by atoms with Crippen molar-refractivity contribution in [3.63, 3.8) is 0 Å². The topological polar surface area (TPSA) is 46.3 Å². The minimum atomic E-state index is -0.0139. The van der Waals surface area contributed by atoms with Gasteiger partial charge in [-0.05, 0) is 85.7 Å². The quantitative estimate of drug-likeness (QED) is 0.256. The number of benzene rings is 2. The van der Waals surface area contributed by atoms with Crippen molar-refractivity contribution >= 4 is 51.4 Å². The van der Waals surface area contributed by atoms with Gasteiger partial charge in [-0.25, -0.2) is 0 Å². The lowest BCUT2D eigenvalue weighted by Gasteiger charge is -2.42. The Balaban J connectivity index is 1.50. The van der Waals surface area contributed by atoms with E-state index in [-0.39, 0.29) is 5.78 Å². The zero-order chi connectivity index (χ0) is 27.2. The van der Waals surface area contributed by atoms with Crippen LogP contribution in [0.4, 0.5) is 5.00 Å². The van der Waals surface area contributed by atoms with E-state index in [0.717, 1.165) is 28.4 Å². The highest BCUT2D eigenvalue weighted by atomic mass is 35.5. The normalized spacial score (nSPS) is 17.3. The molecule has 0 radical (unpaired) electrons. The molecular formula is C33H38Cl2N2OS. The molecule has 5 rings (SSSR count). The van der Waals surface area contributed by atoms with Crippen molar-refractivity contribution in [2.24, 2.45) is 0 Å². The fraction of sp³-hybridized carbons (Fsp3) is 0.424. The van der Waals surface area contributed by atoms with Crippen molar-refractivity contribution in [2.75, 3.05) is 5.73 Å². The number of hydrogen-bond acceptors (Lipinski definition) is 4. The summed E-state index contributed by atoms with van der Waals surface area (Å²) in [5.41, 5.74) is 10.2. The van der Waals surface area contributed by atoms with Gasteiger partial charge in [0.2, 0.25) is 0 Å². The molecular weight excluding hydrogens is 543 g/mol. The number of halogens is 2. The van der Waals surface area contributed by atoms with Crippen molar-refractivity contribution in [3.8, 4) is 0 Å². The molecule has 0 bridgehead atoms. The number of nitrogens with two attached hydrogens (primary N) is 1. The van der Waals surface area contributed by atoms with E-state index in [1.54, 1.807) is 12.1 Å². The highest BCUT2D eigenvalue weighted by molar-refractivity contribution is 7.17. The molecule has 2 N–H and O–H groups in total. The van der Waals surface area contributed by atoms with Crippen LogP contribution in [0.1, 0.15) is 96.1 Å². The van der Waals surface area contributed by atoms with Crippen LogP contribution in [0.25, 0.3) is 6.08 Å². The van der Waals surface area contributed by atoms with Gasteiger partial charge in [-0.2, -0.15) is 0 Å². The first-order valence-corrected chi connectivity index (χ1v) is 15.9. The summed E-state index contributed by atoms with van der Waals surface area (Å²) >= 11 is 13.7. The number of nitrogen functional groups attached to an aromatic ring is 1. The zero-order valence-electron chi connectivity index (χ0n) is 22.5. The molecule has 0 unspecified atom stereocenters. The Labute approximate surface area is 247 Å². The Morgan fingerprint density at radius 3 is 1.95 bits per heavy atom. The number of allylic oxidation sites excluding steroid dienone is 1. The van der Waals surface area contributed by atoms with E-state index in [0.29, 0.717) is 33.2 Å². The minimum absolute atomic E-state index is 0.0139. The third kappa shape index (κ3) is 7.16. The fourth-order valence-electron chi connectivity index (χ4n) is 6.28. The number of carbonyl (C=O) groups is 1. The van der Waals surface area contributed by atoms with Crippen LogP contribution >= 0.6 is 34.5 Å². The molecule has 3 aromatic rings. The van der Waals surface area contributed by atoms with Gasteiger partial charge in [0.05, 0.1) is 10.6 Å². The van der Waals surface area contributed by atoms with Gasteiger partial charge in [0, 0.05) is 39.1 Å². The molecule has 1 heterocycles. The molecule has 0 aliphatic heterocycles. The molecule has 3 nitrogen and oxygen atoms in total. The Hall–Kier alpha value is -2.11. The Kier molecular flexibility index (Phi) is 9.84. The van der Waals surface area contributed by atoms with E-state index in [1.807, 2.05) is 24.3 Å². The van der Waals surface area contributed by atoms with E-state index in [9.17, 15) is 4.79 Å². The first kappa shape index (κ1) is 28.4. The first-order chi connectivity index (χ1) is 19.0. The van der Waals surface area contributed by atoms with Crippen LogP contribution in [0, 0.1) is 0 Å². The third-order valence-corrected chi connectivity index (χ3v) is 9.89. The molecule has 2 aliphatic rings. The van der Waals surface area contributed by atoms with Gasteiger partial charge in [0.25, 0.3) is 0 Å². The molecule has 0 spiro atoms. The van der Waals surface area contributed by atoms with Gasteiger partial charge < -0.3 is 5.73 Å². The molecule has 2 saturated carbocycles. The van der Waals surface area contributed by atoms with Gasteiger partial charge in [-0.3, -0.25) is 9.69 Å². The van der Waals surface area contributed by atoms with Gasteiger partial charge >= 0.3 is 0 Å². The first-order valence-electron chi connectivity index (χ1n) is 14.4. The SMILES string of the molecule is Nc1sc(C=CCc2ccc(Cl)cc2)c(CN(C2CCCCC2)C2CCCCC2)c1C(=O)c1ccc(Cl)cc1. The van der Waals surface area contributed by atoms with Crippen LogP contribution < -0.4 is 5.73 Å². The number of anilines is 1. The molecule has 39 heavy (non-hydrogen) atoms. The second kappa shape index (κ2) is 13.5. The summed E-state index contributed by atoms with van der Waals surface area (Å²) in [4.78, 5) is 17.8. The van der Waals surface area contributed by atoms with Crippen molar-refractivity contribution < 1.29 is 4.79 Å². The van der Waals surface area contributed by atoms with E-state index in [1.165, 1.54) is 81.1 Å². The van der Waals surface area contributed by atoms with E-state index in [2.05, 4.69) is 29.2 Å². The maximum atomic E-state index is 13.9. The number of rotatable bonds is 9. The molecule has 2 aliphatic carbocycles. The second-order valence-electron chi connectivity index (χ2n) is 11.0. The average molecular weight is 582 g/mol.